The number of aromatic carboxylic acids is 1. The molecular weight excluding hydrogens is 241 g/mol. The van der Waals surface area contributed by atoms with Gasteiger partial charge in [-0.05, 0) is 24.8 Å². The molecule has 0 unspecified atom stereocenters. The van der Waals surface area contributed by atoms with Crippen LogP contribution in [0.15, 0.2) is 24.4 Å². The van der Waals surface area contributed by atoms with Gasteiger partial charge in [-0.15, -0.1) is 0 Å². The van der Waals surface area contributed by atoms with Crippen LogP contribution in [0.2, 0.25) is 0 Å². The van der Waals surface area contributed by atoms with Gasteiger partial charge in [0.15, 0.2) is 0 Å². The van der Waals surface area contributed by atoms with Gasteiger partial charge in [0.2, 0.25) is 0 Å². The molecule has 5 heteroatoms. The second-order valence-electron chi connectivity index (χ2n) is 4.31. The van der Waals surface area contributed by atoms with Crippen molar-refractivity contribution in [3.63, 3.8) is 0 Å². The minimum absolute atomic E-state index is 0. The Hall–Kier alpha value is -0.810. The SMILES string of the molecule is O=C(O)c1cn2c3c(cccc13)CCCC2.[Na+].[OH-]. The summed E-state index contributed by atoms with van der Waals surface area (Å²) in [5, 5.41) is 10.0. The van der Waals surface area contributed by atoms with E-state index in [1.54, 1.807) is 6.20 Å². The fourth-order valence-electron chi connectivity index (χ4n) is 2.58. The van der Waals surface area contributed by atoms with Crippen molar-refractivity contribution in [2.45, 2.75) is 25.8 Å². The Morgan fingerprint density at radius 1 is 1.28 bits per heavy atom. The van der Waals surface area contributed by atoms with Crippen LogP contribution in [0, 0.1) is 0 Å². The van der Waals surface area contributed by atoms with Gasteiger partial charge >= 0.3 is 35.5 Å². The van der Waals surface area contributed by atoms with Crippen LogP contribution < -0.4 is 29.6 Å². The summed E-state index contributed by atoms with van der Waals surface area (Å²) < 4.78 is 2.10. The van der Waals surface area contributed by atoms with Crippen LogP contribution in [0.25, 0.3) is 10.9 Å². The minimum Gasteiger partial charge on any atom is -0.870 e. The summed E-state index contributed by atoms with van der Waals surface area (Å²) in [4.78, 5) is 11.1. The van der Waals surface area contributed by atoms with E-state index >= 15 is 0 Å². The van der Waals surface area contributed by atoms with Crippen LogP contribution >= 0.6 is 0 Å². The smallest absolute Gasteiger partial charge is 0.870 e. The summed E-state index contributed by atoms with van der Waals surface area (Å²) in [5.74, 6) is -0.832. The van der Waals surface area contributed by atoms with Crippen molar-refractivity contribution < 1.29 is 44.9 Å². The van der Waals surface area contributed by atoms with Gasteiger partial charge in [0.25, 0.3) is 0 Å². The molecule has 18 heavy (non-hydrogen) atoms. The quantitative estimate of drug-likeness (QED) is 0.698. The van der Waals surface area contributed by atoms with E-state index in [0.29, 0.717) is 5.56 Å². The average Bonchev–Trinajstić information content (AvgIpc) is 2.51. The Balaban J connectivity index is 0.000000810. The molecule has 2 N–H and O–H groups in total. The molecule has 0 spiro atoms. The van der Waals surface area contributed by atoms with Gasteiger partial charge in [-0.2, -0.15) is 0 Å². The standard InChI is InChI=1S/C13H13NO2.Na.H2O/c15-13(16)11-8-14-7-2-1-4-9-5-3-6-10(11)12(9)14;;/h3,5-6,8H,1-2,4,7H2,(H,15,16);;1H2/q;+1;/p-1. The third-order valence-electron chi connectivity index (χ3n) is 3.31. The van der Waals surface area contributed by atoms with Gasteiger partial charge < -0.3 is 15.1 Å². The summed E-state index contributed by atoms with van der Waals surface area (Å²) in [5.41, 5.74) is 2.83. The van der Waals surface area contributed by atoms with Gasteiger partial charge in [0, 0.05) is 18.1 Å². The second kappa shape index (κ2) is 5.89. The van der Waals surface area contributed by atoms with Crippen molar-refractivity contribution in [3.8, 4) is 0 Å². The Morgan fingerprint density at radius 3 is 2.78 bits per heavy atom. The van der Waals surface area contributed by atoms with Crippen molar-refractivity contribution in [1.29, 1.82) is 0 Å². The summed E-state index contributed by atoms with van der Waals surface area (Å²) in [6, 6.07) is 5.97. The summed E-state index contributed by atoms with van der Waals surface area (Å²) >= 11 is 0. The van der Waals surface area contributed by atoms with Crippen molar-refractivity contribution >= 4 is 16.9 Å². The first-order valence-corrected chi connectivity index (χ1v) is 5.61. The minimum atomic E-state index is -0.832. The van der Waals surface area contributed by atoms with Gasteiger partial charge in [0.1, 0.15) is 0 Å². The molecule has 90 valence electrons. The predicted octanol–water partition coefficient (Wildman–Crippen LogP) is -0.497. The Kier molecular flexibility index (Phi) is 4.99. The first kappa shape index (κ1) is 15.2. The maximum Gasteiger partial charge on any atom is 1.00 e. The molecule has 2 heterocycles. The number of carbonyl (C=O) groups is 1. The van der Waals surface area contributed by atoms with Gasteiger partial charge in [0.05, 0.1) is 11.1 Å². The number of rotatable bonds is 1. The van der Waals surface area contributed by atoms with E-state index in [-0.39, 0.29) is 35.0 Å². The van der Waals surface area contributed by atoms with E-state index in [1.165, 1.54) is 12.0 Å². The van der Waals surface area contributed by atoms with E-state index in [0.717, 1.165) is 30.3 Å². The van der Waals surface area contributed by atoms with E-state index in [4.69, 9.17) is 5.11 Å². The van der Waals surface area contributed by atoms with Gasteiger partial charge in [-0.25, -0.2) is 4.79 Å². The first-order chi connectivity index (χ1) is 7.77. The number of carboxylic acids is 1. The number of para-hydroxylation sites is 1. The molecule has 1 aliphatic heterocycles. The third-order valence-corrected chi connectivity index (χ3v) is 3.31. The summed E-state index contributed by atoms with van der Waals surface area (Å²) in [6.45, 7) is 0.931. The number of hydrogen-bond donors (Lipinski definition) is 1. The predicted molar refractivity (Wildman–Crippen MR) is 63.8 cm³/mol. The zero-order chi connectivity index (χ0) is 11.1. The first-order valence-electron chi connectivity index (χ1n) is 5.61. The Morgan fingerprint density at radius 2 is 2.06 bits per heavy atom. The molecule has 2 aromatic rings. The number of benzene rings is 1. The Labute approximate surface area is 127 Å². The zero-order valence-corrected chi connectivity index (χ0v) is 12.4. The molecular formula is C13H14NNaO3. The molecule has 0 amide bonds. The van der Waals surface area contributed by atoms with E-state index in [1.807, 2.05) is 12.1 Å². The molecule has 4 nitrogen and oxygen atoms in total. The van der Waals surface area contributed by atoms with Crippen molar-refractivity contribution in [1.82, 2.24) is 4.57 Å². The van der Waals surface area contributed by atoms with Gasteiger partial charge in [-0.1, -0.05) is 18.2 Å². The monoisotopic (exact) mass is 255 g/mol. The van der Waals surface area contributed by atoms with Crippen LogP contribution in [0.4, 0.5) is 0 Å². The molecule has 0 atom stereocenters. The summed E-state index contributed by atoms with van der Waals surface area (Å²) in [6.07, 6.45) is 5.14. The molecule has 0 bridgehead atoms. The number of hydrogen-bond acceptors (Lipinski definition) is 2. The number of nitrogens with zero attached hydrogens (tertiary/aromatic N) is 1. The molecule has 0 saturated heterocycles. The summed E-state index contributed by atoms with van der Waals surface area (Å²) in [7, 11) is 0. The molecule has 1 aromatic carbocycles. The fraction of sp³-hybridized carbons (Fsp3) is 0.308. The molecule has 0 aliphatic carbocycles. The van der Waals surface area contributed by atoms with Crippen LogP contribution in [0.1, 0.15) is 28.8 Å². The maximum absolute atomic E-state index is 11.1. The third kappa shape index (κ3) is 2.34. The number of carboxylic acid groups (broad SMARTS) is 1. The molecule has 3 rings (SSSR count). The van der Waals surface area contributed by atoms with Crippen molar-refractivity contribution in [2.24, 2.45) is 0 Å². The second-order valence-corrected chi connectivity index (χ2v) is 4.31. The fourth-order valence-corrected chi connectivity index (χ4v) is 2.58. The molecule has 0 saturated carbocycles. The normalized spacial score (nSPS) is 13.3. The van der Waals surface area contributed by atoms with E-state index < -0.39 is 5.97 Å². The molecule has 0 fully saturated rings. The van der Waals surface area contributed by atoms with Crippen molar-refractivity contribution in [2.75, 3.05) is 0 Å². The van der Waals surface area contributed by atoms with Crippen LogP contribution in [0.5, 0.6) is 0 Å². The van der Waals surface area contributed by atoms with Crippen molar-refractivity contribution in [3.05, 3.63) is 35.5 Å². The van der Waals surface area contributed by atoms with Gasteiger partial charge in [-0.3, -0.25) is 0 Å². The van der Waals surface area contributed by atoms with E-state index in [9.17, 15) is 4.79 Å². The van der Waals surface area contributed by atoms with Crippen LogP contribution in [0.3, 0.4) is 0 Å². The Bertz CT molecular complexity index is 577. The molecule has 0 radical (unpaired) electrons. The van der Waals surface area contributed by atoms with E-state index in [2.05, 4.69) is 10.6 Å². The van der Waals surface area contributed by atoms with Crippen LogP contribution in [-0.4, -0.2) is 21.1 Å². The molecule has 1 aliphatic rings. The van der Waals surface area contributed by atoms with Crippen LogP contribution in [-0.2, 0) is 13.0 Å². The maximum atomic E-state index is 11.1. The zero-order valence-electron chi connectivity index (χ0n) is 10.4. The molecule has 1 aromatic heterocycles. The number of aromatic nitrogens is 1. The average molecular weight is 255 g/mol. The topological polar surface area (TPSA) is 72.2 Å². The largest absolute Gasteiger partial charge is 1.00 e. The number of aryl methyl sites for hydroxylation is 2.